The molecule has 0 aliphatic carbocycles. The molecule has 4 heterocycles. The molecule has 1 aliphatic rings. The fourth-order valence-electron chi connectivity index (χ4n) is 5.32. The summed E-state index contributed by atoms with van der Waals surface area (Å²) in [6.45, 7) is 4.00. The molecule has 7 nitrogen and oxygen atoms in total. The predicted molar refractivity (Wildman–Crippen MR) is 149 cm³/mol. The van der Waals surface area contributed by atoms with Crippen molar-refractivity contribution in [2.75, 3.05) is 38.2 Å². The molecule has 3 aromatic heterocycles. The molecule has 0 amide bonds. The van der Waals surface area contributed by atoms with E-state index >= 15 is 0 Å². The van der Waals surface area contributed by atoms with Gasteiger partial charge in [-0.2, -0.15) is 13.2 Å². The summed E-state index contributed by atoms with van der Waals surface area (Å²) in [6.07, 6.45) is -2.97. The van der Waals surface area contributed by atoms with Crippen LogP contribution in [0.1, 0.15) is 11.3 Å². The van der Waals surface area contributed by atoms with Gasteiger partial charge in [-0.1, -0.05) is 6.07 Å². The summed E-state index contributed by atoms with van der Waals surface area (Å²) >= 11 is 0. The van der Waals surface area contributed by atoms with Crippen LogP contribution in [0.4, 0.5) is 18.9 Å². The maximum absolute atomic E-state index is 14.3. The molecule has 204 valence electrons. The number of alkyl halides is 3. The number of hydrogen-bond donors (Lipinski definition) is 1. The molecule has 10 heteroatoms. The van der Waals surface area contributed by atoms with Crippen molar-refractivity contribution in [3.05, 3.63) is 88.5 Å². The minimum atomic E-state index is -4.60. The van der Waals surface area contributed by atoms with Crippen molar-refractivity contribution in [3.8, 4) is 22.7 Å². The zero-order valence-electron chi connectivity index (χ0n) is 21.9. The Bertz CT molecular complexity index is 1810. The van der Waals surface area contributed by atoms with Gasteiger partial charge in [0.2, 0.25) is 5.88 Å². The van der Waals surface area contributed by atoms with E-state index in [-0.39, 0.29) is 11.4 Å². The van der Waals surface area contributed by atoms with Crippen LogP contribution in [0.3, 0.4) is 0 Å². The van der Waals surface area contributed by atoms with Crippen LogP contribution >= 0.6 is 0 Å². The maximum Gasteiger partial charge on any atom is 0.418 e. The standard InChI is InChI=1S/C30H26F3N5O2/c1-18-3-7-22(29(36-18)40-2)19-4-8-25-23(15-19)28-20(17-35-25)5-10-27(39)38(28)21-6-9-26(24(16-21)30(31,32)33)37-13-11-34-12-14-37/h3-10,15-17,34H,11-14H2,1-2H3. The zero-order chi connectivity index (χ0) is 28.0. The number of pyridine rings is 3. The van der Waals surface area contributed by atoms with Crippen LogP contribution in [0.5, 0.6) is 5.88 Å². The van der Waals surface area contributed by atoms with Gasteiger partial charge in [0.25, 0.3) is 5.56 Å². The third-order valence-corrected chi connectivity index (χ3v) is 7.22. The van der Waals surface area contributed by atoms with Crippen molar-refractivity contribution in [3.63, 3.8) is 0 Å². The Balaban J connectivity index is 1.60. The van der Waals surface area contributed by atoms with Gasteiger partial charge in [-0.15, -0.1) is 0 Å². The lowest BCUT2D eigenvalue weighted by Crippen LogP contribution is -2.44. The van der Waals surface area contributed by atoms with E-state index in [1.807, 2.05) is 37.3 Å². The van der Waals surface area contributed by atoms with Crippen LogP contribution in [0.2, 0.25) is 0 Å². The largest absolute Gasteiger partial charge is 0.481 e. The summed E-state index contributed by atoms with van der Waals surface area (Å²) < 4.78 is 49.9. The second-order valence-corrected chi connectivity index (χ2v) is 9.75. The van der Waals surface area contributed by atoms with Gasteiger partial charge < -0.3 is 15.0 Å². The van der Waals surface area contributed by atoms with E-state index in [1.54, 1.807) is 30.3 Å². The van der Waals surface area contributed by atoms with Gasteiger partial charge in [0.1, 0.15) is 0 Å². The minimum absolute atomic E-state index is 0.110. The average molecular weight is 546 g/mol. The third-order valence-electron chi connectivity index (χ3n) is 7.22. The molecule has 5 aromatic rings. The summed E-state index contributed by atoms with van der Waals surface area (Å²) in [7, 11) is 1.54. The highest BCUT2D eigenvalue weighted by molar-refractivity contribution is 6.05. The number of halogens is 3. The number of rotatable bonds is 4. The van der Waals surface area contributed by atoms with Crippen LogP contribution in [-0.4, -0.2) is 47.8 Å². The molecule has 1 saturated heterocycles. The van der Waals surface area contributed by atoms with Crippen molar-refractivity contribution < 1.29 is 17.9 Å². The van der Waals surface area contributed by atoms with Gasteiger partial charge in [-0.25, -0.2) is 4.98 Å². The SMILES string of the molecule is COc1nc(C)ccc1-c1ccc2ncc3ccc(=O)n(-c4ccc(N5CCNCC5)c(C(F)(F)F)c4)c3c2c1. The van der Waals surface area contributed by atoms with Gasteiger partial charge in [-0.05, 0) is 61.0 Å². The number of benzene rings is 2. The van der Waals surface area contributed by atoms with Crippen LogP contribution in [-0.2, 0) is 6.18 Å². The highest BCUT2D eigenvalue weighted by Gasteiger charge is 2.36. The van der Waals surface area contributed by atoms with E-state index in [0.717, 1.165) is 22.9 Å². The number of aryl methyl sites for hydroxylation is 1. The number of anilines is 1. The van der Waals surface area contributed by atoms with Crippen LogP contribution < -0.4 is 20.5 Å². The van der Waals surface area contributed by atoms with Gasteiger partial charge in [0, 0.05) is 66.2 Å². The lowest BCUT2D eigenvalue weighted by atomic mass is 10.0. The summed E-state index contributed by atoms with van der Waals surface area (Å²) in [6, 6.07) is 16.5. The number of nitrogens with one attached hydrogen (secondary N) is 1. The van der Waals surface area contributed by atoms with Gasteiger partial charge in [0.15, 0.2) is 0 Å². The molecular formula is C30H26F3N5O2. The van der Waals surface area contributed by atoms with E-state index in [0.29, 0.717) is 53.9 Å². The number of piperazine rings is 1. The molecule has 2 aromatic carbocycles. The molecular weight excluding hydrogens is 519 g/mol. The topological polar surface area (TPSA) is 72.3 Å². The normalized spacial score (nSPS) is 14.2. The number of fused-ring (bicyclic) bond motifs is 3. The van der Waals surface area contributed by atoms with E-state index in [9.17, 15) is 18.0 Å². The Hall–Kier alpha value is -4.44. The number of aromatic nitrogens is 3. The van der Waals surface area contributed by atoms with E-state index < -0.39 is 17.3 Å². The first-order valence-corrected chi connectivity index (χ1v) is 12.9. The van der Waals surface area contributed by atoms with E-state index in [2.05, 4.69) is 15.3 Å². The van der Waals surface area contributed by atoms with Gasteiger partial charge in [0.05, 0.1) is 29.4 Å². The molecule has 0 atom stereocenters. The Morgan fingerprint density at radius 2 is 1.77 bits per heavy atom. The molecule has 0 radical (unpaired) electrons. The predicted octanol–water partition coefficient (Wildman–Crippen LogP) is 5.35. The number of hydrogen-bond acceptors (Lipinski definition) is 6. The maximum atomic E-state index is 14.3. The number of nitrogens with zero attached hydrogens (tertiary/aromatic N) is 4. The molecule has 1 fully saturated rings. The van der Waals surface area contributed by atoms with Crippen LogP contribution in [0, 0.1) is 6.92 Å². The summed E-state index contributed by atoms with van der Waals surface area (Å²) in [5.41, 5.74) is 2.42. The number of ether oxygens (including phenoxy) is 1. The Morgan fingerprint density at radius 1 is 0.975 bits per heavy atom. The first kappa shape index (κ1) is 25.8. The quantitative estimate of drug-likeness (QED) is 0.307. The van der Waals surface area contributed by atoms with Gasteiger partial charge >= 0.3 is 6.18 Å². The highest BCUT2D eigenvalue weighted by Crippen LogP contribution is 2.39. The first-order chi connectivity index (χ1) is 19.2. The lowest BCUT2D eigenvalue weighted by Gasteiger charge is -2.32. The molecule has 1 N–H and O–H groups in total. The van der Waals surface area contributed by atoms with E-state index in [4.69, 9.17) is 4.74 Å². The fraction of sp³-hybridized carbons (Fsp3) is 0.233. The monoisotopic (exact) mass is 545 g/mol. The Kier molecular flexibility index (Phi) is 6.42. The van der Waals surface area contributed by atoms with Crippen molar-refractivity contribution >= 4 is 27.5 Å². The molecule has 0 saturated carbocycles. The Labute approximate surface area is 227 Å². The summed E-state index contributed by atoms with van der Waals surface area (Å²) in [4.78, 5) is 24.1. The second-order valence-electron chi connectivity index (χ2n) is 9.75. The zero-order valence-corrected chi connectivity index (χ0v) is 21.9. The molecule has 40 heavy (non-hydrogen) atoms. The highest BCUT2D eigenvalue weighted by atomic mass is 19.4. The minimum Gasteiger partial charge on any atom is -0.481 e. The Morgan fingerprint density at radius 3 is 2.52 bits per heavy atom. The second kappa shape index (κ2) is 9.95. The molecule has 0 spiro atoms. The van der Waals surface area contributed by atoms with Crippen LogP contribution in [0.15, 0.2) is 71.7 Å². The summed E-state index contributed by atoms with van der Waals surface area (Å²) in [5, 5.41) is 4.41. The lowest BCUT2D eigenvalue weighted by molar-refractivity contribution is -0.137. The van der Waals surface area contributed by atoms with Crippen molar-refractivity contribution in [2.24, 2.45) is 0 Å². The molecule has 1 aliphatic heterocycles. The van der Waals surface area contributed by atoms with Crippen molar-refractivity contribution in [2.45, 2.75) is 13.1 Å². The molecule has 6 rings (SSSR count). The smallest absolute Gasteiger partial charge is 0.418 e. The van der Waals surface area contributed by atoms with Gasteiger partial charge in [-0.3, -0.25) is 14.3 Å². The van der Waals surface area contributed by atoms with E-state index in [1.165, 1.54) is 16.7 Å². The fourth-order valence-corrected chi connectivity index (χ4v) is 5.32. The first-order valence-electron chi connectivity index (χ1n) is 12.9. The van der Waals surface area contributed by atoms with Crippen LogP contribution in [0.25, 0.3) is 38.6 Å². The average Bonchev–Trinajstić information content (AvgIpc) is 2.96. The van der Waals surface area contributed by atoms with Crippen molar-refractivity contribution in [1.82, 2.24) is 19.9 Å². The van der Waals surface area contributed by atoms with Crippen molar-refractivity contribution in [1.29, 1.82) is 0 Å². The molecule has 0 bridgehead atoms. The summed E-state index contributed by atoms with van der Waals surface area (Å²) in [5.74, 6) is 0.447. The number of methoxy groups -OCH3 is 1. The molecule has 0 unspecified atom stereocenters. The third kappa shape index (κ3) is 4.54.